The van der Waals surface area contributed by atoms with Gasteiger partial charge >= 0.3 is 0 Å². The zero-order valence-corrected chi connectivity index (χ0v) is 13.7. The highest BCUT2D eigenvalue weighted by atomic mass is 32.2. The van der Waals surface area contributed by atoms with Crippen molar-refractivity contribution in [2.45, 2.75) is 11.6 Å². The average Bonchev–Trinajstić information content (AvgIpc) is 3.25. The number of sulfonamides is 1. The number of nitrogens with one attached hydrogen (secondary N) is 1. The predicted octanol–water partition coefficient (Wildman–Crippen LogP) is 1.06. The fourth-order valence-electron chi connectivity index (χ4n) is 2.83. The van der Waals surface area contributed by atoms with Crippen LogP contribution in [0.25, 0.3) is 11.1 Å². The van der Waals surface area contributed by atoms with Crippen LogP contribution >= 0.6 is 0 Å². The van der Waals surface area contributed by atoms with E-state index < -0.39 is 10.0 Å². The third kappa shape index (κ3) is 2.81. The number of nitrogens with zero attached hydrogens (tertiary/aromatic N) is 4. The number of hydrogen-bond acceptors (Lipinski definition) is 6. The van der Waals surface area contributed by atoms with E-state index in [9.17, 15) is 8.42 Å². The molecule has 1 aromatic carbocycles. The van der Waals surface area contributed by atoms with E-state index in [1.165, 1.54) is 16.6 Å². The highest BCUT2D eigenvalue weighted by Crippen LogP contribution is 2.18. The van der Waals surface area contributed by atoms with Crippen molar-refractivity contribution in [1.29, 1.82) is 0 Å². The van der Waals surface area contributed by atoms with Crippen molar-refractivity contribution in [1.82, 2.24) is 24.4 Å². The first-order chi connectivity index (χ1) is 11.6. The van der Waals surface area contributed by atoms with Crippen molar-refractivity contribution in [3.8, 4) is 0 Å². The zero-order valence-electron chi connectivity index (χ0n) is 12.9. The third-order valence-corrected chi connectivity index (χ3v) is 5.95. The van der Waals surface area contributed by atoms with E-state index >= 15 is 0 Å². The standard InChI is InChI=1S/C15H17N5O3S/c21-24(22,15-5-6-16-18-15)20-9-7-19(8-10-20)11-14-17-12-3-1-2-4-13(12)23-14/h1-6H,7-11H2,(H,16,18). The van der Waals surface area contributed by atoms with E-state index in [1.54, 1.807) is 0 Å². The Bertz CT molecular complexity index is 894. The summed E-state index contributed by atoms with van der Waals surface area (Å²) in [5, 5.41) is 6.37. The minimum Gasteiger partial charge on any atom is -0.439 e. The van der Waals surface area contributed by atoms with Gasteiger partial charge in [0.15, 0.2) is 10.6 Å². The van der Waals surface area contributed by atoms with E-state index in [0.717, 1.165) is 11.1 Å². The fraction of sp³-hybridized carbons (Fsp3) is 0.333. The molecule has 0 saturated carbocycles. The van der Waals surface area contributed by atoms with Crippen LogP contribution in [0.1, 0.15) is 5.89 Å². The van der Waals surface area contributed by atoms with Gasteiger partial charge in [-0.05, 0) is 18.2 Å². The summed E-state index contributed by atoms with van der Waals surface area (Å²) in [7, 11) is -3.49. The van der Waals surface area contributed by atoms with Gasteiger partial charge in [0.25, 0.3) is 10.0 Å². The van der Waals surface area contributed by atoms with E-state index in [1.807, 2.05) is 24.3 Å². The van der Waals surface area contributed by atoms with Crippen LogP contribution in [0.2, 0.25) is 0 Å². The number of aromatic nitrogens is 3. The molecule has 0 amide bonds. The number of hydrogen-bond donors (Lipinski definition) is 1. The van der Waals surface area contributed by atoms with Crippen LogP contribution in [0, 0.1) is 0 Å². The molecule has 4 rings (SSSR count). The highest BCUT2D eigenvalue weighted by molar-refractivity contribution is 7.89. The Morgan fingerprint density at radius 1 is 1.12 bits per heavy atom. The van der Waals surface area contributed by atoms with Gasteiger partial charge in [-0.1, -0.05) is 12.1 Å². The van der Waals surface area contributed by atoms with Crippen LogP contribution in [0.4, 0.5) is 0 Å². The van der Waals surface area contributed by atoms with E-state index in [-0.39, 0.29) is 5.03 Å². The van der Waals surface area contributed by atoms with Crippen molar-refractivity contribution >= 4 is 21.1 Å². The van der Waals surface area contributed by atoms with Crippen LogP contribution in [0.15, 0.2) is 46.0 Å². The molecule has 0 spiro atoms. The molecule has 0 aliphatic carbocycles. The molecule has 1 saturated heterocycles. The number of aromatic amines is 1. The predicted molar refractivity (Wildman–Crippen MR) is 86.6 cm³/mol. The van der Waals surface area contributed by atoms with Gasteiger partial charge in [-0.3, -0.25) is 10.00 Å². The lowest BCUT2D eigenvalue weighted by molar-refractivity contribution is 0.169. The Morgan fingerprint density at radius 3 is 2.62 bits per heavy atom. The van der Waals surface area contributed by atoms with Gasteiger partial charge in [-0.15, -0.1) is 0 Å². The first-order valence-electron chi connectivity index (χ1n) is 7.69. The lowest BCUT2D eigenvalue weighted by atomic mass is 10.3. The molecule has 126 valence electrons. The summed E-state index contributed by atoms with van der Waals surface area (Å²) in [5.41, 5.74) is 1.61. The second-order valence-electron chi connectivity index (χ2n) is 5.68. The molecular formula is C15H17N5O3S. The van der Waals surface area contributed by atoms with Crippen molar-refractivity contribution in [3.63, 3.8) is 0 Å². The van der Waals surface area contributed by atoms with Crippen molar-refractivity contribution in [2.24, 2.45) is 0 Å². The Labute approximate surface area is 139 Å². The largest absolute Gasteiger partial charge is 0.439 e. The molecule has 0 atom stereocenters. The van der Waals surface area contributed by atoms with E-state index in [4.69, 9.17) is 4.42 Å². The minimum atomic E-state index is -3.49. The first kappa shape index (κ1) is 15.3. The van der Waals surface area contributed by atoms with Gasteiger partial charge in [0.05, 0.1) is 12.7 Å². The Kier molecular flexibility index (Phi) is 3.83. The molecule has 9 heteroatoms. The monoisotopic (exact) mass is 347 g/mol. The Morgan fingerprint density at radius 2 is 1.92 bits per heavy atom. The summed E-state index contributed by atoms with van der Waals surface area (Å²) in [4.78, 5) is 6.60. The number of para-hydroxylation sites is 2. The van der Waals surface area contributed by atoms with Crippen LogP contribution in [0.3, 0.4) is 0 Å². The molecule has 3 aromatic rings. The summed E-state index contributed by atoms with van der Waals surface area (Å²) in [6.45, 7) is 2.70. The van der Waals surface area contributed by atoms with Crippen molar-refractivity contribution in [3.05, 3.63) is 42.4 Å². The molecule has 1 fully saturated rings. The van der Waals surface area contributed by atoms with Crippen LogP contribution in [-0.2, 0) is 16.6 Å². The molecule has 0 radical (unpaired) electrons. The second-order valence-corrected chi connectivity index (χ2v) is 7.58. The van der Waals surface area contributed by atoms with Gasteiger partial charge < -0.3 is 4.42 Å². The van der Waals surface area contributed by atoms with Crippen molar-refractivity contribution in [2.75, 3.05) is 26.2 Å². The zero-order chi connectivity index (χ0) is 16.6. The molecular weight excluding hydrogens is 330 g/mol. The first-order valence-corrected chi connectivity index (χ1v) is 9.13. The topological polar surface area (TPSA) is 95.3 Å². The molecule has 2 aromatic heterocycles. The molecule has 24 heavy (non-hydrogen) atoms. The fourth-order valence-corrected chi connectivity index (χ4v) is 4.16. The van der Waals surface area contributed by atoms with Gasteiger partial charge in [0, 0.05) is 26.2 Å². The average molecular weight is 347 g/mol. The maximum Gasteiger partial charge on any atom is 0.260 e. The lowest BCUT2D eigenvalue weighted by Crippen LogP contribution is -2.48. The molecule has 8 nitrogen and oxygen atoms in total. The molecule has 0 unspecified atom stereocenters. The maximum atomic E-state index is 12.4. The molecule has 1 aliphatic rings. The Hall–Kier alpha value is -2.23. The number of rotatable bonds is 4. The Balaban J connectivity index is 1.41. The quantitative estimate of drug-likeness (QED) is 0.758. The van der Waals surface area contributed by atoms with Crippen LogP contribution in [-0.4, -0.2) is 59.0 Å². The lowest BCUT2D eigenvalue weighted by Gasteiger charge is -2.32. The SMILES string of the molecule is O=S(=O)(c1ccn[nH]1)N1CCN(Cc2nc3ccccc3o2)CC1. The maximum absolute atomic E-state index is 12.4. The number of fused-ring (bicyclic) bond motifs is 1. The molecule has 1 aliphatic heterocycles. The molecule has 1 N–H and O–H groups in total. The second kappa shape index (κ2) is 6.00. The van der Waals surface area contributed by atoms with E-state index in [2.05, 4.69) is 20.1 Å². The summed E-state index contributed by atoms with van der Waals surface area (Å²) in [6, 6.07) is 9.11. The number of oxazole rings is 1. The van der Waals surface area contributed by atoms with E-state index in [0.29, 0.717) is 38.6 Å². The highest BCUT2D eigenvalue weighted by Gasteiger charge is 2.29. The normalized spacial score (nSPS) is 17.5. The summed E-state index contributed by atoms with van der Waals surface area (Å²) in [6.07, 6.45) is 1.44. The number of benzene rings is 1. The molecule has 3 heterocycles. The number of H-pyrrole nitrogens is 1. The smallest absolute Gasteiger partial charge is 0.260 e. The molecule has 0 bridgehead atoms. The van der Waals surface area contributed by atoms with Gasteiger partial charge in [0.2, 0.25) is 5.89 Å². The van der Waals surface area contributed by atoms with Gasteiger partial charge in [-0.25, -0.2) is 13.4 Å². The van der Waals surface area contributed by atoms with Crippen LogP contribution < -0.4 is 0 Å². The van der Waals surface area contributed by atoms with Gasteiger partial charge in [-0.2, -0.15) is 9.40 Å². The van der Waals surface area contributed by atoms with Crippen LogP contribution in [0.5, 0.6) is 0 Å². The van der Waals surface area contributed by atoms with Gasteiger partial charge in [0.1, 0.15) is 5.52 Å². The summed E-state index contributed by atoms with van der Waals surface area (Å²) < 4.78 is 32.1. The minimum absolute atomic E-state index is 0.134. The summed E-state index contributed by atoms with van der Waals surface area (Å²) in [5.74, 6) is 0.654. The number of piperazine rings is 1. The summed E-state index contributed by atoms with van der Waals surface area (Å²) >= 11 is 0. The third-order valence-electron chi connectivity index (χ3n) is 4.12. The van der Waals surface area contributed by atoms with Crippen molar-refractivity contribution < 1.29 is 12.8 Å².